The fraction of sp³-hybridized carbons (Fsp3) is 0.222. The number of benzene rings is 2. The SMILES string of the molecule is COc1ccc(C(=O)NCC(=O)OCCOc2ccccc2F)cc1. The van der Waals surface area contributed by atoms with Crippen LogP contribution >= 0.6 is 0 Å². The van der Waals surface area contributed by atoms with E-state index in [1.165, 1.54) is 19.2 Å². The monoisotopic (exact) mass is 347 g/mol. The van der Waals surface area contributed by atoms with Crippen LogP contribution in [0.1, 0.15) is 10.4 Å². The number of carbonyl (C=O) groups is 2. The number of para-hydroxylation sites is 1. The maximum Gasteiger partial charge on any atom is 0.325 e. The van der Waals surface area contributed by atoms with Crippen LogP contribution < -0.4 is 14.8 Å². The molecule has 2 rings (SSSR count). The highest BCUT2D eigenvalue weighted by Crippen LogP contribution is 2.15. The van der Waals surface area contributed by atoms with Gasteiger partial charge in [-0.15, -0.1) is 0 Å². The van der Waals surface area contributed by atoms with E-state index in [0.717, 1.165) is 0 Å². The predicted molar refractivity (Wildman–Crippen MR) is 88.2 cm³/mol. The first-order valence-electron chi connectivity index (χ1n) is 7.55. The fourth-order valence-corrected chi connectivity index (χ4v) is 1.92. The number of amides is 1. The molecular weight excluding hydrogens is 329 g/mol. The van der Waals surface area contributed by atoms with Gasteiger partial charge in [-0.2, -0.15) is 0 Å². The lowest BCUT2D eigenvalue weighted by molar-refractivity contribution is -0.143. The molecule has 0 atom stereocenters. The molecule has 0 aromatic heterocycles. The smallest absolute Gasteiger partial charge is 0.325 e. The van der Waals surface area contributed by atoms with Crippen LogP contribution in [0.5, 0.6) is 11.5 Å². The summed E-state index contributed by atoms with van der Waals surface area (Å²) in [5.74, 6) is -0.779. The number of ether oxygens (including phenoxy) is 3. The quantitative estimate of drug-likeness (QED) is 0.585. The van der Waals surface area contributed by atoms with Crippen molar-refractivity contribution in [3.05, 3.63) is 59.9 Å². The summed E-state index contributed by atoms with van der Waals surface area (Å²) in [6, 6.07) is 12.4. The van der Waals surface area contributed by atoms with Crippen LogP contribution in [0.15, 0.2) is 48.5 Å². The first-order valence-corrected chi connectivity index (χ1v) is 7.55. The predicted octanol–water partition coefficient (Wildman–Crippen LogP) is 2.19. The van der Waals surface area contributed by atoms with Gasteiger partial charge in [-0.1, -0.05) is 12.1 Å². The van der Waals surface area contributed by atoms with Crippen LogP contribution in [-0.2, 0) is 9.53 Å². The zero-order valence-electron chi connectivity index (χ0n) is 13.7. The van der Waals surface area contributed by atoms with E-state index in [1.807, 2.05) is 0 Å². The van der Waals surface area contributed by atoms with Crippen LogP contribution in [-0.4, -0.2) is 38.7 Å². The Morgan fingerprint density at radius 3 is 2.44 bits per heavy atom. The number of methoxy groups -OCH3 is 1. The van der Waals surface area contributed by atoms with Gasteiger partial charge < -0.3 is 19.5 Å². The van der Waals surface area contributed by atoms with Crippen LogP contribution in [0.4, 0.5) is 4.39 Å². The van der Waals surface area contributed by atoms with Crippen molar-refractivity contribution in [3.8, 4) is 11.5 Å². The lowest BCUT2D eigenvalue weighted by Gasteiger charge is -2.09. The van der Waals surface area contributed by atoms with Crippen molar-refractivity contribution < 1.29 is 28.2 Å². The van der Waals surface area contributed by atoms with Gasteiger partial charge in [0, 0.05) is 5.56 Å². The third-order valence-corrected chi connectivity index (χ3v) is 3.19. The van der Waals surface area contributed by atoms with Crippen molar-refractivity contribution in [2.75, 3.05) is 26.9 Å². The maximum absolute atomic E-state index is 13.3. The van der Waals surface area contributed by atoms with E-state index in [2.05, 4.69) is 5.32 Å². The zero-order chi connectivity index (χ0) is 18.1. The maximum atomic E-state index is 13.3. The lowest BCUT2D eigenvalue weighted by Crippen LogP contribution is -2.31. The Hall–Kier alpha value is -3.09. The van der Waals surface area contributed by atoms with Crippen LogP contribution in [0, 0.1) is 5.82 Å². The summed E-state index contributed by atoms with van der Waals surface area (Å²) < 4.78 is 28.4. The molecule has 0 saturated heterocycles. The summed E-state index contributed by atoms with van der Waals surface area (Å²) in [4.78, 5) is 23.4. The summed E-state index contributed by atoms with van der Waals surface area (Å²) in [7, 11) is 1.53. The Morgan fingerprint density at radius 1 is 1.04 bits per heavy atom. The van der Waals surface area contributed by atoms with Crippen molar-refractivity contribution in [1.82, 2.24) is 5.32 Å². The topological polar surface area (TPSA) is 73.9 Å². The largest absolute Gasteiger partial charge is 0.497 e. The van der Waals surface area contributed by atoms with E-state index in [0.29, 0.717) is 11.3 Å². The minimum atomic E-state index is -0.612. The van der Waals surface area contributed by atoms with Gasteiger partial charge in [0.2, 0.25) is 0 Å². The summed E-state index contributed by atoms with van der Waals surface area (Å²) >= 11 is 0. The number of hydrogen-bond donors (Lipinski definition) is 1. The van der Waals surface area contributed by atoms with Crippen molar-refractivity contribution >= 4 is 11.9 Å². The molecule has 0 unspecified atom stereocenters. The van der Waals surface area contributed by atoms with Crippen LogP contribution in [0.2, 0.25) is 0 Å². The molecule has 0 aliphatic carbocycles. The first kappa shape index (κ1) is 18.3. The second kappa shape index (κ2) is 9.27. The van der Waals surface area contributed by atoms with E-state index in [9.17, 15) is 14.0 Å². The molecule has 0 aliphatic rings. The van der Waals surface area contributed by atoms with Crippen molar-refractivity contribution in [2.45, 2.75) is 0 Å². The van der Waals surface area contributed by atoms with Gasteiger partial charge in [0.1, 0.15) is 25.5 Å². The Balaban J connectivity index is 1.66. The minimum absolute atomic E-state index is 0.0130. The van der Waals surface area contributed by atoms with E-state index in [1.54, 1.807) is 36.4 Å². The molecule has 2 aromatic carbocycles. The molecule has 0 bridgehead atoms. The van der Waals surface area contributed by atoms with Crippen molar-refractivity contribution in [2.24, 2.45) is 0 Å². The molecule has 0 fully saturated rings. The average molecular weight is 347 g/mol. The van der Waals surface area contributed by atoms with E-state index in [-0.39, 0.29) is 25.5 Å². The normalized spacial score (nSPS) is 10.0. The highest BCUT2D eigenvalue weighted by molar-refractivity contribution is 5.96. The molecule has 1 amide bonds. The van der Waals surface area contributed by atoms with Gasteiger partial charge in [-0.05, 0) is 36.4 Å². The molecule has 0 heterocycles. The molecule has 0 saturated carbocycles. The van der Waals surface area contributed by atoms with Gasteiger partial charge >= 0.3 is 5.97 Å². The second-order valence-electron chi connectivity index (χ2n) is 4.91. The molecule has 1 N–H and O–H groups in total. The molecule has 2 aromatic rings. The molecule has 0 spiro atoms. The van der Waals surface area contributed by atoms with E-state index in [4.69, 9.17) is 14.2 Å². The summed E-state index contributed by atoms with van der Waals surface area (Å²) in [6.45, 7) is -0.310. The van der Waals surface area contributed by atoms with Gasteiger partial charge in [-0.25, -0.2) is 4.39 Å². The van der Waals surface area contributed by atoms with Gasteiger partial charge in [0.15, 0.2) is 11.6 Å². The number of rotatable bonds is 8. The van der Waals surface area contributed by atoms with E-state index >= 15 is 0 Å². The average Bonchev–Trinajstić information content (AvgIpc) is 2.64. The third kappa shape index (κ3) is 5.80. The first-order chi connectivity index (χ1) is 12.1. The summed E-state index contributed by atoms with van der Waals surface area (Å²) in [5, 5.41) is 2.45. The minimum Gasteiger partial charge on any atom is -0.497 e. The van der Waals surface area contributed by atoms with Crippen LogP contribution in [0.3, 0.4) is 0 Å². The fourth-order valence-electron chi connectivity index (χ4n) is 1.92. The van der Waals surface area contributed by atoms with E-state index < -0.39 is 17.7 Å². The Labute approximate surface area is 144 Å². The Bertz CT molecular complexity index is 718. The lowest BCUT2D eigenvalue weighted by atomic mass is 10.2. The number of halogens is 1. The molecule has 6 nitrogen and oxygen atoms in total. The number of hydrogen-bond acceptors (Lipinski definition) is 5. The van der Waals surface area contributed by atoms with Crippen molar-refractivity contribution in [3.63, 3.8) is 0 Å². The summed E-state index contributed by atoms with van der Waals surface area (Å²) in [5.41, 5.74) is 0.400. The molecule has 25 heavy (non-hydrogen) atoms. The summed E-state index contributed by atoms with van der Waals surface area (Å²) in [6.07, 6.45) is 0. The molecule has 0 aliphatic heterocycles. The molecule has 132 valence electrons. The van der Waals surface area contributed by atoms with Gasteiger partial charge in [0.25, 0.3) is 5.91 Å². The van der Waals surface area contributed by atoms with Gasteiger partial charge in [0.05, 0.1) is 7.11 Å². The molecule has 7 heteroatoms. The Morgan fingerprint density at radius 2 is 1.76 bits per heavy atom. The number of carbonyl (C=O) groups excluding carboxylic acids is 2. The molecule has 0 radical (unpaired) electrons. The van der Waals surface area contributed by atoms with Crippen LogP contribution in [0.25, 0.3) is 0 Å². The van der Waals surface area contributed by atoms with Gasteiger partial charge in [-0.3, -0.25) is 9.59 Å². The second-order valence-corrected chi connectivity index (χ2v) is 4.91. The zero-order valence-corrected chi connectivity index (χ0v) is 13.7. The number of nitrogens with one attached hydrogen (secondary N) is 1. The van der Waals surface area contributed by atoms with Crippen molar-refractivity contribution in [1.29, 1.82) is 0 Å². The third-order valence-electron chi connectivity index (χ3n) is 3.19. The standard InChI is InChI=1S/C18H18FNO5/c1-23-14-8-6-13(7-9-14)18(22)20-12-17(21)25-11-10-24-16-5-3-2-4-15(16)19/h2-9H,10-12H2,1H3,(H,20,22). The highest BCUT2D eigenvalue weighted by atomic mass is 19.1. The Kier molecular flexibility index (Phi) is 6.76. The highest BCUT2D eigenvalue weighted by Gasteiger charge is 2.09. The number of esters is 1. The molecular formula is C18H18FNO5.